The third-order valence-corrected chi connectivity index (χ3v) is 4.87. The van der Waals surface area contributed by atoms with Crippen LogP contribution in [0.25, 0.3) is 0 Å². The van der Waals surface area contributed by atoms with Crippen molar-refractivity contribution in [3.63, 3.8) is 0 Å². The number of para-hydroxylation sites is 1. The number of hydrogen-bond acceptors (Lipinski definition) is 6. The number of rotatable bonds is 7. The number of carbonyl (C=O) groups excluding carboxylic acids is 1. The maximum atomic E-state index is 12.1. The quantitative estimate of drug-likeness (QED) is 0.618. The van der Waals surface area contributed by atoms with E-state index in [9.17, 15) is 14.4 Å². The van der Waals surface area contributed by atoms with Crippen LogP contribution in [0.5, 0.6) is 0 Å². The van der Waals surface area contributed by atoms with Crippen LogP contribution >= 0.6 is 11.8 Å². The summed E-state index contributed by atoms with van der Waals surface area (Å²) in [6.07, 6.45) is 1.82. The van der Waals surface area contributed by atoms with Crippen LogP contribution in [0, 0.1) is 0 Å². The highest BCUT2D eigenvalue weighted by Gasteiger charge is 2.20. The molecule has 1 aliphatic rings. The maximum Gasteiger partial charge on any atom is 0.344 e. The highest BCUT2D eigenvalue weighted by atomic mass is 32.2. The topological polar surface area (TPSA) is 126 Å². The van der Waals surface area contributed by atoms with Gasteiger partial charge in [-0.2, -0.15) is 0 Å². The molecule has 2 heterocycles. The first-order chi connectivity index (χ1) is 12.5. The van der Waals surface area contributed by atoms with Gasteiger partial charge in [-0.3, -0.25) is 9.36 Å². The number of carboxylic acids is 1. The molecule has 3 N–H and O–H groups in total. The summed E-state index contributed by atoms with van der Waals surface area (Å²) < 4.78 is 6.99. The first kappa shape index (κ1) is 18.2. The number of benzene rings is 1. The molecule has 1 aromatic heterocycles. The van der Waals surface area contributed by atoms with Gasteiger partial charge in [0.15, 0.2) is 5.16 Å². The molecular formula is C16H18N4O5S. The molecule has 1 atom stereocenters. The number of nitrogens with one attached hydrogen (secondary N) is 2. The lowest BCUT2D eigenvalue weighted by atomic mass is 10.2. The lowest BCUT2D eigenvalue weighted by molar-refractivity contribution is -0.113. The summed E-state index contributed by atoms with van der Waals surface area (Å²) in [7, 11) is 0. The Bertz CT molecular complexity index is 856. The molecule has 2 aromatic rings. The summed E-state index contributed by atoms with van der Waals surface area (Å²) in [4.78, 5) is 35.2. The number of thioether (sulfide) groups is 1. The van der Waals surface area contributed by atoms with E-state index in [2.05, 4.69) is 15.5 Å². The second-order valence-corrected chi connectivity index (χ2v) is 6.69. The lowest BCUT2D eigenvalue weighted by Gasteiger charge is -2.11. The minimum absolute atomic E-state index is 0.0101. The van der Waals surface area contributed by atoms with Crippen LogP contribution in [0.2, 0.25) is 0 Å². The van der Waals surface area contributed by atoms with E-state index in [1.165, 1.54) is 16.7 Å². The van der Waals surface area contributed by atoms with Crippen molar-refractivity contribution in [2.24, 2.45) is 0 Å². The zero-order chi connectivity index (χ0) is 18.5. The van der Waals surface area contributed by atoms with E-state index >= 15 is 0 Å². The van der Waals surface area contributed by atoms with Crippen LogP contribution in [0.1, 0.15) is 23.2 Å². The summed E-state index contributed by atoms with van der Waals surface area (Å²) in [5, 5.41) is 18.4. The fraction of sp³-hybridized carbons (Fsp3) is 0.375. The SMILES string of the molecule is O=C(CSc1n[nH]c(=O)n1C[C@H]1CCCO1)Nc1ccccc1C(=O)O. The number of nitrogens with zero attached hydrogens (tertiary/aromatic N) is 2. The van der Waals surface area contributed by atoms with Crippen LogP contribution in [-0.2, 0) is 16.1 Å². The van der Waals surface area contributed by atoms with Crippen molar-refractivity contribution in [3.8, 4) is 0 Å². The van der Waals surface area contributed by atoms with Crippen LogP contribution < -0.4 is 11.0 Å². The fourth-order valence-corrected chi connectivity index (χ4v) is 3.42. The molecule has 0 saturated carbocycles. The first-order valence-corrected chi connectivity index (χ1v) is 9.05. The van der Waals surface area contributed by atoms with Gasteiger partial charge in [-0.25, -0.2) is 14.7 Å². The smallest absolute Gasteiger partial charge is 0.344 e. The van der Waals surface area contributed by atoms with Crippen LogP contribution in [-0.4, -0.2) is 50.2 Å². The molecule has 1 fully saturated rings. The van der Waals surface area contributed by atoms with Gasteiger partial charge in [-0.15, -0.1) is 5.10 Å². The van der Waals surface area contributed by atoms with Crippen molar-refractivity contribution >= 4 is 29.3 Å². The van der Waals surface area contributed by atoms with E-state index in [-0.39, 0.29) is 34.7 Å². The van der Waals surface area contributed by atoms with E-state index in [4.69, 9.17) is 9.84 Å². The lowest BCUT2D eigenvalue weighted by Crippen LogP contribution is -2.25. The Labute approximate surface area is 152 Å². The molecule has 0 bridgehead atoms. The highest BCUT2D eigenvalue weighted by Crippen LogP contribution is 2.19. The summed E-state index contributed by atoms with van der Waals surface area (Å²) in [5.74, 6) is -1.52. The largest absolute Gasteiger partial charge is 0.478 e. The Morgan fingerprint density at radius 1 is 1.42 bits per heavy atom. The van der Waals surface area contributed by atoms with Gasteiger partial charge in [0.1, 0.15) is 0 Å². The van der Waals surface area contributed by atoms with Crippen molar-refractivity contribution in [1.82, 2.24) is 14.8 Å². The average molecular weight is 378 g/mol. The van der Waals surface area contributed by atoms with E-state index < -0.39 is 5.97 Å². The Hall–Kier alpha value is -2.59. The number of H-pyrrole nitrogens is 1. The van der Waals surface area contributed by atoms with Crippen molar-refractivity contribution in [1.29, 1.82) is 0 Å². The predicted molar refractivity (Wildman–Crippen MR) is 94.6 cm³/mol. The second-order valence-electron chi connectivity index (χ2n) is 5.74. The molecule has 0 unspecified atom stereocenters. The number of anilines is 1. The summed E-state index contributed by atoms with van der Waals surface area (Å²) >= 11 is 1.10. The molecule has 1 saturated heterocycles. The summed E-state index contributed by atoms with van der Waals surface area (Å²) in [6, 6.07) is 6.16. The Balaban J connectivity index is 1.62. The van der Waals surface area contributed by atoms with Crippen molar-refractivity contribution in [2.75, 3.05) is 17.7 Å². The zero-order valence-corrected chi connectivity index (χ0v) is 14.6. The second kappa shape index (κ2) is 8.19. The normalized spacial score (nSPS) is 16.5. The van der Waals surface area contributed by atoms with Gasteiger partial charge in [0.25, 0.3) is 0 Å². The minimum Gasteiger partial charge on any atom is -0.478 e. The number of aromatic amines is 1. The third kappa shape index (κ3) is 4.33. The molecule has 0 aliphatic carbocycles. The molecular weight excluding hydrogens is 360 g/mol. The number of ether oxygens (including phenoxy) is 1. The molecule has 3 rings (SSSR count). The summed E-state index contributed by atoms with van der Waals surface area (Å²) in [5.41, 5.74) is -0.107. The molecule has 138 valence electrons. The van der Waals surface area contributed by atoms with Gasteiger partial charge in [0.2, 0.25) is 5.91 Å². The monoisotopic (exact) mass is 378 g/mol. The summed E-state index contributed by atoms with van der Waals surface area (Å²) in [6.45, 7) is 1.08. The van der Waals surface area contributed by atoms with Crippen LogP contribution in [0.15, 0.2) is 34.2 Å². The Morgan fingerprint density at radius 3 is 2.96 bits per heavy atom. The third-order valence-electron chi connectivity index (χ3n) is 3.90. The van der Waals surface area contributed by atoms with Crippen molar-refractivity contribution < 1.29 is 19.4 Å². The van der Waals surface area contributed by atoms with Crippen LogP contribution in [0.3, 0.4) is 0 Å². The standard InChI is InChI=1S/C16H18N4O5S/c21-13(17-12-6-2-1-5-11(12)14(22)23)9-26-16-19-18-15(24)20(16)8-10-4-3-7-25-10/h1-2,5-6,10H,3-4,7-9H2,(H,17,21)(H,18,24)(H,22,23)/t10-/m1/s1. The van der Waals surface area contributed by atoms with Gasteiger partial charge >= 0.3 is 11.7 Å². The molecule has 1 amide bonds. The number of aromatic carboxylic acids is 1. The molecule has 10 heteroatoms. The molecule has 26 heavy (non-hydrogen) atoms. The molecule has 1 aliphatic heterocycles. The van der Waals surface area contributed by atoms with Crippen LogP contribution in [0.4, 0.5) is 5.69 Å². The van der Waals surface area contributed by atoms with E-state index in [0.717, 1.165) is 24.6 Å². The first-order valence-electron chi connectivity index (χ1n) is 8.06. The average Bonchev–Trinajstić information content (AvgIpc) is 3.25. The van der Waals surface area contributed by atoms with E-state index in [0.29, 0.717) is 18.3 Å². The van der Waals surface area contributed by atoms with Gasteiger partial charge in [-0.05, 0) is 25.0 Å². The molecule has 0 radical (unpaired) electrons. The number of aromatic nitrogens is 3. The Morgan fingerprint density at radius 2 is 2.23 bits per heavy atom. The molecule has 9 nitrogen and oxygen atoms in total. The fourth-order valence-electron chi connectivity index (χ4n) is 2.66. The van der Waals surface area contributed by atoms with Gasteiger partial charge in [0, 0.05) is 6.61 Å². The van der Waals surface area contributed by atoms with Gasteiger partial charge < -0.3 is 15.2 Å². The van der Waals surface area contributed by atoms with Gasteiger partial charge in [-0.1, -0.05) is 23.9 Å². The van der Waals surface area contributed by atoms with Crippen molar-refractivity contribution in [3.05, 3.63) is 40.3 Å². The van der Waals surface area contributed by atoms with Crippen molar-refractivity contribution in [2.45, 2.75) is 30.6 Å². The van der Waals surface area contributed by atoms with Gasteiger partial charge in [0.05, 0.1) is 29.7 Å². The number of amides is 1. The van der Waals surface area contributed by atoms with E-state index in [1.807, 2.05) is 0 Å². The number of carboxylic acid groups (broad SMARTS) is 1. The number of carbonyl (C=O) groups is 2. The Kier molecular flexibility index (Phi) is 5.74. The predicted octanol–water partition coefficient (Wildman–Crippen LogP) is 1.18. The maximum absolute atomic E-state index is 12.1. The number of hydrogen-bond donors (Lipinski definition) is 3. The molecule has 0 spiro atoms. The highest BCUT2D eigenvalue weighted by molar-refractivity contribution is 7.99. The zero-order valence-electron chi connectivity index (χ0n) is 13.8. The minimum atomic E-state index is -1.12. The molecule has 1 aromatic carbocycles. The van der Waals surface area contributed by atoms with E-state index in [1.54, 1.807) is 12.1 Å².